The molecule has 0 aliphatic rings. The van der Waals surface area contributed by atoms with E-state index in [1.807, 2.05) is 6.92 Å². The summed E-state index contributed by atoms with van der Waals surface area (Å²) in [6.07, 6.45) is 0.786. The third-order valence-corrected chi connectivity index (χ3v) is 5.39. The zero-order chi connectivity index (χ0) is 11.5. The molecule has 0 aliphatic heterocycles. The Morgan fingerprint density at radius 1 is 1.47 bits per heavy atom. The first-order valence-electron chi connectivity index (χ1n) is 4.68. The number of hydrogen-bond donors (Lipinski definition) is 1. The molecule has 86 valence electrons. The number of hydrogen-bond acceptors (Lipinski definition) is 4. The molecule has 0 spiro atoms. The van der Waals surface area contributed by atoms with Gasteiger partial charge in [-0.1, -0.05) is 6.92 Å². The largest absolute Gasteiger partial charge is 0.391 e. The van der Waals surface area contributed by atoms with Crippen LogP contribution in [0.25, 0.3) is 0 Å². The SMILES string of the molecule is CCCN(C)S(=O)(=O)c1ccc(CO)s1. The molecule has 1 aromatic heterocycles. The second kappa shape index (κ2) is 5.07. The molecule has 0 unspecified atom stereocenters. The number of aliphatic hydroxyl groups excluding tert-OH is 1. The van der Waals surface area contributed by atoms with Crippen molar-refractivity contribution in [2.24, 2.45) is 0 Å². The van der Waals surface area contributed by atoms with E-state index in [9.17, 15) is 8.42 Å². The molecular weight excluding hydrogens is 234 g/mol. The fourth-order valence-electron chi connectivity index (χ4n) is 1.17. The summed E-state index contributed by atoms with van der Waals surface area (Å²) in [5.41, 5.74) is 0. The first kappa shape index (κ1) is 12.6. The second-order valence-electron chi connectivity index (χ2n) is 3.21. The highest BCUT2D eigenvalue weighted by molar-refractivity contribution is 7.91. The van der Waals surface area contributed by atoms with Gasteiger partial charge in [0.25, 0.3) is 10.0 Å². The van der Waals surface area contributed by atoms with Gasteiger partial charge >= 0.3 is 0 Å². The van der Waals surface area contributed by atoms with E-state index in [1.165, 1.54) is 10.4 Å². The molecule has 0 amide bonds. The van der Waals surface area contributed by atoms with Crippen LogP contribution in [0.1, 0.15) is 18.2 Å². The average Bonchev–Trinajstić information content (AvgIpc) is 2.66. The molecule has 6 heteroatoms. The Morgan fingerprint density at radius 2 is 2.13 bits per heavy atom. The molecule has 0 fully saturated rings. The van der Waals surface area contributed by atoms with Gasteiger partial charge in [-0.2, -0.15) is 0 Å². The first-order chi connectivity index (χ1) is 7.02. The first-order valence-corrected chi connectivity index (χ1v) is 6.94. The van der Waals surface area contributed by atoms with Gasteiger partial charge in [0.15, 0.2) is 0 Å². The van der Waals surface area contributed by atoms with E-state index in [4.69, 9.17) is 5.11 Å². The monoisotopic (exact) mass is 249 g/mol. The molecule has 0 saturated carbocycles. The molecule has 1 rings (SSSR count). The van der Waals surface area contributed by atoms with Crippen LogP contribution in [0.3, 0.4) is 0 Å². The zero-order valence-corrected chi connectivity index (χ0v) is 10.4. The lowest BCUT2D eigenvalue weighted by Crippen LogP contribution is -2.26. The van der Waals surface area contributed by atoms with Gasteiger partial charge in [0.1, 0.15) is 4.21 Å². The van der Waals surface area contributed by atoms with E-state index in [0.717, 1.165) is 17.8 Å². The predicted molar refractivity (Wildman–Crippen MR) is 60.3 cm³/mol. The number of nitrogens with zero attached hydrogens (tertiary/aromatic N) is 1. The summed E-state index contributed by atoms with van der Waals surface area (Å²) in [7, 11) is -1.78. The van der Waals surface area contributed by atoms with Gasteiger partial charge in [-0.05, 0) is 18.6 Å². The van der Waals surface area contributed by atoms with Gasteiger partial charge in [-0.15, -0.1) is 11.3 Å². The summed E-state index contributed by atoms with van der Waals surface area (Å²) in [5, 5.41) is 8.86. The van der Waals surface area contributed by atoms with Crippen molar-refractivity contribution in [1.82, 2.24) is 4.31 Å². The molecule has 4 nitrogen and oxygen atoms in total. The average molecular weight is 249 g/mol. The second-order valence-corrected chi connectivity index (χ2v) is 6.65. The third-order valence-electron chi connectivity index (χ3n) is 2.00. The summed E-state index contributed by atoms with van der Waals surface area (Å²) in [6, 6.07) is 3.18. The van der Waals surface area contributed by atoms with Crippen LogP contribution in [0.4, 0.5) is 0 Å². The minimum atomic E-state index is -3.35. The minimum absolute atomic E-state index is 0.113. The maximum Gasteiger partial charge on any atom is 0.252 e. The van der Waals surface area contributed by atoms with Crippen molar-refractivity contribution in [2.45, 2.75) is 24.2 Å². The topological polar surface area (TPSA) is 57.6 Å². The molecule has 0 radical (unpaired) electrons. The molecule has 1 aromatic rings. The summed E-state index contributed by atoms with van der Waals surface area (Å²) < 4.78 is 25.4. The molecule has 1 N–H and O–H groups in total. The number of sulfonamides is 1. The highest BCUT2D eigenvalue weighted by Crippen LogP contribution is 2.24. The van der Waals surface area contributed by atoms with Crippen LogP contribution in [0.2, 0.25) is 0 Å². The lowest BCUT2D eigenvalue weighted by atomic mass is 10.5. The quantitative estimate of drug-likeness (QED) is 0.855. The number of aliphatic hydroxyl groups is 1. The smallest absolute Gasteiger partial charge is 0.252 e. The molecule has 0 bridgehead atoms. The van der Waals surface area contributed by atoms with Gasteiger partial charge in [0.2, 0.25) is 0 Å². The molecular formula is C9H15NO3S2. The Balaban J connectivity index is 2.95. The molecule has 0 aromatic carbocycles. The van der Waals surface area contributed by atoms with Crippen LogP contribution in [0.5, 0.6) is 0 Å². The van der Waals surface area contributed by atoms with Gasteiger partial charge < -0.3 is 5.11 Å². The van der Waals surface area contributed by atoms with E-state index in [0.29, 0.717) is 15.6 Å². The number of rotatable bonds is 5. The Hall–Kier alpha value is -0.430. The Morgan fingerprint density at radius 3 is 2.60 bits per heavy atom. The predicted octanol–water partition coefficient (Wildman–Crippen LogP) is 1.27. The summed E-state index contributed by atoms with van der Waals surface area (Å²) >= 11 is 1.11. The Labute approximate surface area is 94.2 Å². The van der Waals surface area contributed by atoms with Gasteiger partial charge in [0, 0.05) is 18.5 Å². The maximum absolute atomic E-state index is 11.9. The van der Waals surface area contributed by atoms with Crippen LogP contribution in [0.15, 0.2) is 16.3 Å². The minimum Gasteiger partial charge on any atom is -0.391 e. The molecule has 0 aliphatic carbocycles. The van der Waals surface area contributed by atoms with E-state index in [2.05, 4.69) is 0 Å². The van der Waals surface area contributed by atoms with Crippen molar-refractivity contribution in [3.63, 3.8) is 0 Å². The van der Waals surface area contributed by atoms with Crippen molar-refractivity contribution < 1.29 is 13.5 Å². The van der Waals surface area contributed by atoms with Crippen molar-refractivity contribution >= 4 is 21.4 Å². The van der Waals surface area contributed by atoms with Gasteiger partial charge in [-0.25, -0.2) is 12.7 Å². The lowest BCUT2D eigenvalue weighted by molar-refractivity contribution is 0.285. The van der Waals surface area contributed by atoms with Crippen molar-refractivity contribution in [1.29, 1.82) is 0 Å². The summed E-state index contributed by atoms with van der Waals surface area (Å²) in [6.45, 7) is 2.33. The highest BCUT2D eigenvalue weighted by Gasteiger charge is 2.21. The van der Waals surface area contributed by atoms with E-state index in [1.54, 1.807) is 13.1 Å². The van der Waals surface area contributed by atoms with Crippen molar-refractivity contribution in [3.05, 3.63) is 17.0 Å². The van der Waals surface area contributed by atoms with Crippen LogP contribution in [0, 0.1) is 0 Å². The van der Waals surface area contributed by atoms with Crippen LogP contribution < -0.4 is 0 Å². The van der Waals surface area contributed by atoms with Crippen molar-refractivity contribution in [2.75, 3.05) is 13.6 Å². The molecule has 1 heterocycles. The fourth-order valence-corrected chi connectivity index (χ4v) is 3.86. The highest BCUT2D eigenvalue weighted by atomic mass is 32.2. The standard InChI is InChI=1S/C9H15NO3S2/c1-3-6-10(2)15(12,13)9-5-4-8(7-11)14-9/h4-5,11H,3,6-7H2,1-2H3. The van der Waals surface area contributed by atoms with Crippen molar-refractivity contribution in [3.8, 4) is 0 Å². The van der Waals surface area contributed by atoms with Gasteiger partial charge in [0.05, 0.1) is 6.61 Å². The Kier molecular flexibility index (Phi) is 4.27. The third kappa shape index (κ3) is 2.78. The van der Waals surface area contributed by atoms with Crippen LogP contribution in [-0.2, 0) is 16.6 Å². The fraction of sp³-hybridized carbons (Fsp3) is 0.556. The molecule has 0 atom stereocenters. The molecule has 0 saturated heterocycles. The summed E-state index contributed by atoms with van der Waals surface area (Å²) in [5.74, 6) is 0. The number of thiophene rings is 1. The lowest BCUT2D eigenvalue weighted by Gasteiger charge is -2.14. The normalized spacial score (nSPS) is 12.3. The Bertz CT molecular complexity index is 411. The molecule has 15 heavy (non-hydrogen) atoms. The van der Waals surface area contributed by atoms with Gasteiger partial charge in [-0.3, -0.25) is 0 Å². The van der Waals surface area contributed by atoms with E-state index < -0.39 is 10.0 Å². The zero-order valence-electron chi connectivity index (χ0n) is 8.80. The van der Waals surface area contributed by atoms with E-state index in [-0.39, 0.29) is 6.61 Å². The van der Waals surface area contributed by atoms with Crippen LogP contribution in [-0.4, -0.2) is 31.4 Å². The summed E-state index contributed by atoms with van der Waals surface area (Å²) in [4.78, 5) is 0.665. The maximum atomic E-state index is 11.9. The van der Waals surface area contributed by atoms with E-state index >= 15 is 0 Å². The van der Waals surface area contributed by atoms with Crippen LogP contribution >= 0.6 is 11.3 Å².